The number of hydrogen-bond donors (Lipinski definition) is 1. The van der Waals surface area contributed by atoms with E-state index >= 15 is 0 Å². The van der Waals surface area contributed by atoms with Crippen molar-refractivity contribution in [1.82, 2.24) is 4.90 Å². The number of hydrogen-bond acceptors (Lipinski definition) is 2. The van der Waals surface area contributed by atoms with Crippen molar-refractivity contribution in [2.45, 2.75) is 25.4 Å². The highest BCUT2D eigenvalue weighted by Crippen LogP contribution is 2.22. The Bertz CT molecular complexity index is 677. The average Bonchev–Trinajstić information content (AvgIpc) is 3.01. The molecule has 1 N–H and O–H groups in total. The molecule has 2 aromatic rings. The van der Waals surface area contributed by atoms with Gasteiger partial charge in [-0.15, -0.1) is 0 Å². The quantitative estimate of drug-likeness (QED) is 0.905. The maximum absolute atomic E-state index is 10.9. The van der Waals surface area contributed by atoms with Gasteiger partial charge in [-0.3, -0.25) is 4.90 Å². The zero-order chi connectivity index (χ0) is 16.1. The molecular weight excluding hydrogens is 286 g/mol. The molecule has 1 atom stereocenters. The van der Waals surface area contributed by atoms with E-state index in [1.807, 2.05) is 18.2 Å². The number of rotatable bonds is 5. The molecule has 1 heterocycles. The topological polar surface area (TPSA) is 40.5 Å². The Morgan fingerprint density at radius 1 is 1.13 bits per heavy atom. The van der Waals surface area contributed by atoms with Crippen LogP contribution in [0.2, 0.25) is 0 Å². The second-order valence-electron chi connectivity index (χ2n) is 5.95. The molecule has 0 amide bonds. The highest BCUT2D eigenvalue weighted by atomic mass is 16.4. The van der Waals surface area contributed by atoms with E-state index in [2.05, 4.69) is 41.3 Å². The van der Waals surface area contributed by atoms with Crippen LogP contribution in [0.4, 0.5) is 0 Å². The molecule has 1 unspecified atom stereocenters. The van der Waals surface area contributed by atoms with Crippen LogP contribution < -0.4 is 0 Å². The minimum atomic E-state index is -0.874. The minimum absolute atomic E-state index is 0.343. The van der Waals surface area contributed by atoms with Gasteiger partial charge in [0.2, 0.25) is 0 Å². The summed E-state index contributed by atoms with van der Waals surface area (Å²) in [4.78, 5) is 13.4. The summed E-state index contributed by atoms with van der Waals surface area (Å²) in [6.07, 6.45) is 6.86. The van der Waals surface area contributed by atoms with Crippen LogP contribution >= 0.6 is 0 Å². The van der Waals surface area contributed by atoms with Gasteiger partial charge >= 0.3 is 5.97 Å². The van der Waals surface area contributed by atoms with Crippen LogP contribution in [0.5, 0.6) is 0 Å². The zero-order valence-corrected chi connectivity index (χ0v) is 13.1. The summed E-state index contributed by atoms with van der Waals surface area (Å²) in [6.45, 7) is 1.95. The Balaban J connectivity index is 1.65. The van der Waals surface area contributed by atoms with E-state index in [4.69, 9.17) is 5.11 Å². The van der Waals surface area contributed by atoms with Crippen molar-refractivity contribution >= 4 is 12.0 Å². The van der Waals surface area contributed by atoms with Crippen molar-refractivity contribution in [2.24, 2.45) is 0 Å². The third-order valence-corrected chi connectivity index (χ3v) is 4.31. The number of nitrogens with zero attached hydrogens (tertiary/aromatic N) is 1. The van der Waals surface area contributed by atoms with Gasteiger partial charge in [0.05, 0.1) is 5.56 Å². The molecule has 3 rings (SSSR count). The molecule has 1 aliphatic heterocycles. The van der Waals surface area contributed by atoms with Gasteiger partial charge in [-0.2, -0.15) is 0 Å². The van der Waals surface area contributed by atoms with E-state index in [-0.39, 0.29) is 0 Å². The molecule has 3 nitrogen and oxygen atoms in total. The zero-order valence-electron chi connectivity index (χ0n) is 13.1. The fourth-order valence-corrected chi connectivity index (χ4v) is 3.04. The van der Waals surface area contributed by atoms with Crippen LogP contribution in [-0.2, 0) is 6.54 Å². The van der Waals surface area contributed by atoms with E-state index in [1.165, 1.54) is 18.4 Å². The number of aromatic carboxylic acids is 1. The van der Waals surface area contributed by atoms with Crippen LogP contribution in [0.15, 0.2) is 60.7 Å². The minimum Gasteiger partial charge on any atom is -0.478 e. The Labute approximate surface area is 136 Å². The standard InChI is InChI=1S/C20H21NO2/c22-20(23)18-11-8-17(9-12-18)15-21-14-4-7-19(21)13-10-16-5-2-1-3-6-16/h1-3,5-6,8-13,19H,4,7,14-15H2,(H,22,23)/b13-10+. The molecule has 23 heavy (non-hydrogen) atoms. The number of carboxylic acids is 1. The first-order valence-electron chi connectivity index (χ1n) is 8.02. The number of carboxylic acid groups (broad SMARTS) is 1. The van der Waals surface area contributed by atoms with Gasteiger partial charge < -0.3 is 5.11 Å². The highest BCUT2D eigenvalue weighted by Gasteiger charge is 2.22. The van der Waals surface area contributed by atoms with Crippen LogP contribution in [0.1, 0.15) is 34.3 Å². The SMILES string of the molecule is O=C(O)c1ccc(CN2CCCC2/C=C/c2ccccc2)cc1. The lowest BCUT2D eigenvalue weighted by Gasteiger charge is -2.22. The summed E-state index contributed by atoms with van der Waals surface area (Å²) < 4.78 is 0. The van der Waals surface area contributed by atoms with Crippen LogP contribution in [0, 0.1) is 0 Å². The van der Waals surface area contributed by atoms with Crippen molar-refractivity contribution < 1.29 is 9.90 Å². The van der Waals surface area contributed by atoms with Gasteiger partial charge in [-0.05, 0) is 42.6 Å². The summed E-state index contributed by atoms with van der Waals surface area (Å²) in [5, 5.41) is 8.96. The van der Waals surface area contributed by atoms with Gasteiger partial charge in [-0.1, -0.05) is 54.6 Å². The molecule has 1 fully saturated rings. The summed E-state index contributed by atoms with van der Waals surface area (Å²) in [6, 6.07) is 18.0. The maximum Gasteiger partial charge on any atom is 0.335 e. The fourth-order valence-electron chi connectivity index (χ4n) is 3.04. The molecule has 0 saturated carbocycles. The Morgan fingerprint density at radius 2 is 1.87 bits per heavy atom. The fraction of sp³-hybridized carbons (Fsp3) is 0.250. The smallest absolute Gasteiger partial charge is 0.335 e. The molecule has 0 aliphatic carbocycles. The van der Waals surface area contributed by atoms with Gasteiger partial charge in [0.25, 0.3) is 0 Å². The second-order valence-corrected chi connectivity index (χ2v) is 5.95. The summed E-state index contributed by atoms with van der Waals surface area (Å²) in [5.41, 5.74) is 2.73. The largest absolute Gasteiger partial charge is 0.478 e. The average molecular weight is 307 g/mol. The van der Waals surface area contributed by atoms with E-state index < -0.39 is 5.97 Å². The third kappa shape index (κ3) is 4.08. The molecular formula is C20H21NO2. The van der Waals surface area contributed by atoms with E-state index in [9.17, 15) is 4.79 Å². The molecule has 1 aliphatic rings. The molecule has 0 aromatic heterocycles. The van der Waals surface area contributed by atoms with E-state index in [1.54, 1.807) is 12.1 Å². The summed E-state index contributed by atoms with van der Waals surface area (Å²) in [7, 11) is 0. The number of carbonyl (C=O) groups is 1. The maximum atomic E-state index is 10.9. The molecule has 118 valence electrons. The predicted octanol–water partition coefficient (Wildman–Crippen LogP) is 4.06. The number of benzene rings is 2. The van der Waals surface area contributed by atoms with Crippen molar-refractivity contribution in [3.8, 4) is 0 Å². The third-order valence-electron chi connectivity index (χ3n) is 4.31. The van der Waals surface area contributed by atoms with Gasteiger partial charge in [0.1, 0.15) is 0 Å². The van der Waals surface area contributed by atoms with Crippen LogP contribution in [0.25, 0.3) is 6.08 Å². The molecule has 1 saturated heterocycles. The second kappa shape index (κ2) is 7.25. The Kier molecular flexibility index (Phi) is 4.89. The van der Waals surface area contributed by atoms with Crippen molar-refractivity contribution in [2.75, 3.05) is 6.54 Å². The summed E-state index contributed by atoms with van der Waals surface area (Å²) >= 11 is 0. The van der Waals surface area contributed by atoms with Crippen molar-refractivity contribution in [3.63, 3.8) is 0 Å². The first kappa shape index (κ1) is 15.5. The van der Waals surface area contributed by atoms with Gasteiger partial charge in [-0.25, -0.2) is 4.79 Å². The van der Waals surface area contributed by atoms with Gasteiger partial charge in [0.15, 0.2) is 0 Å². The summed E-state index contributed by atoms with van der Waals surface area (Å²) in [5.74, 6) is -0.874. The van der Waals surface area contributed by atoms with Gasteiger partial charge in [0, 0.05) is 12.6 Å². The lowest BCUT2D eigenvalue weighted by molar-refractivity contribution is 0.0697. The van der Waals surface area contributed by atoms with Crippen molar-refractivity contribution in [1.29, 1.82) is 0 Å². The number of likely N-dealkylation sites (tertiary alicyclic amines) is 1. The molecule has 2 aromatic carbocycles. The Hall–Kier alpha value is -2.39. The molecule has 3 heteroatoms. The van der Waals surface area contributed by atoms with Crippen molar-refractivity contribution in [3.05, 3.63) is 77.4 Å². The predicted molar refractivity (Wildman–Crippen MR) is 92.3 cm³/mol. The highest BCUT2D eigenvalue weighted by molar-refractivity contribution is 5.87. The Morgan fingerprint density at radius 3 is 2.57 bits per heavy atom. The van der Waals surface area contributed by atoms with E-state index in [0.717, 1.165) is 18.7 Å². The lowest BCUT2D eigenvalue weighted by Crippen LogP contribution is -2.27. The van der Waals surface area contributed by atoms with Crippen LogP contribution in [-0.4, -0.2) is 28.6 Å². The first-order valence-corrected chi connectivity index (χ1v) is 8.02. The normalized spacial score (nSPS) is 18.5. The molecule has 0 radical (unpaired) electrons. The first-order chi connectivity index (χ1) is 11.2. The van der Waals surface area contributed by atoms with Crippen LogP contribution in [0.3, 0.4) is 0 Å². The monoisotopic (exact) mass is 307 g/mol. The lowest BCUT2D eigenvalue weighted by atomic mass is 10.1. The van der Waals surface area contributed by atoms with E-state index in [0.29, 0.717) is 11.6 Å². The molecule has 0 spiro atoms. The molecule has 0 bridgehead atoms.